The van der Waals surface area contributed by atoms with Crippen molar-refractivity contribution in [2.45, 2.75) is 52.5 Å². The summed E-state index contributed by atoms with van der Waals surface area (Å²) in [5.41, 5.74) is 4.08. The first kappa shape index (κ1) is 19.6. The maximum Gasteiger partial charge on any atom is 0.271 e. The molecule has 5 nitrogen and oxygen atoms in total. The number of rotatable bonds is 7. The Balaban J connectivity index is 1.71. The van der Waals surface area contributed by atoms with Crippen LogP contribution in [0.15, 0.2) is 30.3 Å². The fraction of sp³-hybridized carbons (Fsp3) is 0.545. The Morgan fingerprint density at radius 1 is 1.33 bits per heavy atom. The van der Waals surface area contributed by atoms with Crippen molar-refractivity contribution in [2.75, 3.05) is 19.6 Å². The number of hydrogen-bond acceptors (Lipinski definition) is 3. The van der Waals surface area contributed by atoms with E-state index in [1.165, 1.54) is 24.0 Å². The quantitative estimate of drug-likeness (QED) is 0.780. The van der Waals surface area contributed by atoms with Gasteiger partial charge in [-0.15, -0.1) is 0 Å². The number of likely N-dealkylation sites (tertiary alicyclic amines) is 1. The van der Waals surface area contributed by atoms with Crippen LogP contribution in [0.4, 0.5) is 0 Å². The van der Waals surface area contributed by atoms with Gasteiger partial charge in [-0.2, -0.15) is 5.10 Å². The Morgan fingerprint density at radius 2 is 2.07 bits per heavy atom. The first-order valence-corrected chi connectivity index (χ1v) is 10.2. The van der Waals surface area contributed by atoms with E-state index >= 15 is 0 Å². The molecule has 1 aliphatic heterocycles. The van der Waals surface area contributed by atoms with Gasteiger partial charge < -0.3 is 5.32 Å². The van der Waals surface area contributed by atoms with Crippen LogP contribution in [0.25, 0.3) is 0 Å². The molecular formula is C22H32N4O. The number of piperidine rings is 1. The molecule has 0 spiro atoms. The van der Waals surface area contributed by atoms with Crippen LogP contribution in [0.1, 0.15) is 66.5 Å². The predicted octanol–water partition coefficient (Wildman–Crippen LogP) is 3.87. The van der Waals surface area contributed by atoms with Gasteiger partial charge in [0.2, 0.25) is 0 Å². The van der Waals surface area contributed by atoms with Crippen molar-refractivity contribution >= 4 is 5.91 Å². The van der Waals surface area contributed by atoms with Gasteiger partial charge >= 0.3 is 0 Å². The van der Waals surface area contributed by atoms with E-state index in [1.807, 2.05) is 6.07 Å². The Morgan fingerprint density at radius 3 is 2.78 bits per heavy atom. The van der Waals surface area contributed by atoms with Crippen molar-refractivity contribution in [1.29, 1.82) is 0 Å². The lowest BCUT2D eigenvalue weighted by molar-refractivity contribution is 0.0907. The van der Waals surface area contributed by atoms with E-state index in [1.54, 1.807) is 0 Å². The van der Waals surface area contributed by atoms with E-state index in [0.29, 0.717) is 12.2 Å². The maximum absolute atomic E-state index is 12.6. The molecular weight excluding hydrogens is 336 g/mol. The number of aromatic amines is 1. The molecule has 27 heavy (non-hydrogen) atoms. The van der Waals surface area contributed by atoms with E-state index < -0.39 is 0 Å². The molecule has 1 amide bonds. The van der Waals surface area contributed by atoms with Gasteiger partial charge in [-0.25, -0.2) is 0 Å². The third-order valence-electron chi connectivity index (χ3n) is 5.65. The minimum Gasteiger partial charge on any atom is -0.349 e. The van der Waals surface area contributed by atoms with Crippen LogP contribution in [0.2, 0.25) is 0 Å². The molecule has 2 aromatic rings. The maximum atomic E-state index is 12.6. The highest BCUT2D eigenvalue weighted by atomic mass is 16.1. The van der Waals surface area contributed by atoms with E-state index in [2.05, 4.69) is 65.5 Å². The number of carbonyl (C=O) groups is 1. The van der Waals surface area contributed by atoms with Crippen molar-refractivity contribution in [1.82, 2.24) is 20.4 Å². The third kappa shape index (κ3) is 4.98. The van der Waals surface area contributed by atoms with Crippen molar-refractivity contribution in [3.05, 3.63) is 52.8 Å². The molecule has 2 N–H and O–H groups in total. The zero-order valence-corrected chi connectivity index (χ0v) is 16.8. The van der Waals surface area contributed by atoms with Crippen molar-refractivity contribution in [2.24, 2.45) is 5.92 Å². The Hall–Kier alpha value is -2.14. The molecule has 1 aliphatic rings. The summed E-state index contributed by atoms with van der Waals surface area (Å²) in [7, 11) is 0. The van der Waals surface area contributed by atoms with Crippen LogP contribution in [-0.4, -0.2) is 40.6 Å². The molecule has 1 aromatic heterocycles. The molecule has 1 atom stereocenters. The van der Waals surface area contributed by atoms with E-state index in [9.17, 15) is 4.79 Å². The fourth-order valence-corrected chi connectivity index (χ4v) is 3.89. The molecule has 0 saturated carbocycles. The largest absolute Gasteiger partial charge is 0.349 e. The number of hydrogen-bond donors (Lipinski definition) is 2. The number of H-pyrrole nitrogens is 1. The van der Waals surface area contributed by atoms with Crippen LogP contribution in [0.5, 0.6) is 0 Å². The minimum atomic E-state index is -0.0995. The lowest BCUT2D eigenvalue weighted by atomic mass is 9.94. The number of nitrogens with zero attached hydrogens (tertiary/aromatic N) is 2. The number of amides is 1. The second-order valence-corrected chi connectivity index (χ2v) is 7.83. The van der Waals surface area contributed by atoms with Gasteiger partial charge in [-0.3, -0.25) is 14.8 Å². The lowest BCUT2D eigenvalue weighted by Gasteiger charge is -2.37. The number of benzene rings is 1. The average molecular weight is 369 g/mol. The van der Waals surface area contributed by atoms with Gasteiger partial charge in [-0.1, -0.05) is 44.5 Å². The zero-order valence-electron chi connectivity index (χ0n) is 16.8. The molecule has 5 heteroatoms. The molecule has 1 saturated heterocycles. The Labute approximate surface area is 162 Å². The van der Waals surface area contributed by atoms with E-state index in [4.69, 9.17) is 0 Å². The summed E-state index contributed by atoms with van der Waals surface area (Å²) < 4.78 is 0. The monoisotopic (exact) mass is 368 g/mol. The van der Waals surface area contributed by atoms with Crippen LogP contribution in [0.3, 0.4) is 0 Å². The summed E-state index contributed by atoms with van der Waals surface area (Å²) in [6.45, 7) is 9.37. The fourth-order valence-electron chi connectivity index (χ4n) is 3.89. The molecule has 3 rings (SSSR count). The van der Waals surface area contributed by atoms with Gasteiger partial charge in [-0.05, 0) is 62.4 Å². The molecule has 0 radical (unpaired) electrons. The number of aromatic nitrogens is 2. The highest BCUT2D eigenvalue weighted by Gasteiger charge is 2.26. The second kappa shape index (κ2) is 9.18. The highest BCUT2D eigenvalue weighted by Crippen LogP contribution is 2.28. The first-order chi connectivity index (χ1) is 13.1. The van der Waals surface area contributed by atoms with E-state index in [0.717, 1.165) is 37.5 Å². The van der Waals surface area contributed by atoms with Gasteiger partial charge in [0.25, 0.3) is 5.91 Å². The Kier molecular flexibility index (Phi) is 6.67. The molecule has 146 valence electrons. The van der Waals surface area contributed by atoms with Crippen molar-refractivity contribution in [3.8, 4) is 0 Å². The molecule has 1 unspecified atom stereocenters. The van der Waals surface area contributed by atoms with Crippen LogP contribution in [0, 0.1) is 12.8 Å². The van der Waals surface area contributed by atoms with Crippen LogP contribution >= 0.6 is 0 Å². The third-order valence-corrected chi connectivity index (χ3v) is 5.65. The predicted molar refractivity (Wildman–Crippen MR) is 109 cm³/mol. The van der Waals surface area contributed by atoms with Gasteiger partial charge in [0.15, 0.2) is 0 Å². The summed E-state index contributed by atoms with van der Waals surface area (Å²) in [5, 5.41) is 10.3. The first-order valence-electron chi connectivity index (χ1n) is 10.2. The normalized spacial score (nSPS) is 17.0. The molecule has 1 aromatic carbocycles. The zero-order chi connectivity index (χ0) is 19.2. The molecule has 0 bridgehead atoms. The highest BCUT2D eigenvalue weighted by molar-refractivity contribution is 5.92. The molecule has 2 heterocycles. The SMILES string of the molecule is CCCc1cc(C(=O)NCC(c2ccccc2C)N2CCC(C)CC2)n[nH]1. The topological polar surface area (TPSA) is 61.0 Å². The standard InChI is InChI=1S/C22H32N4O/c1-4-7-18-14-20(25-24-18)22(27)23-15-21(19-9-6-5-8-17(19)3)26-12-10-16(2)11-13-26/h5-6,8-9,14,16,21H,4,7,10-13,15H2,1-3H3,(H,23,27)(H,24,25). The average Bonchev–Trinajstić information content (AvgIpc) is 3.13. The number of nitrogens with one attached hydrogen (secondary N) is 2. The summed E-state index contributed by atoms with van der Waals surface area (Å²) in [5.74, 6) is 0.687. The summed E-state index contributed by atoms with van der Waals surface area (Å²) in [6.07, 6.45) is 4.39. The van der Waals surface area contributed by atoms with Crippen LogP contribution < -0.4 is 5.32 Å². The van der Waals surface area contributed by atoms with Crippen LogP contribution in [-0.2, 0) is 6.42 Å². The van der Waals surface area contributed by atoms with Gasteiger partial charge in [0, 0.05) is 12.2 Å². The van der Waals surface area contributed by atoms with Crippen molar-refractivity contribution < 1.29 is 4.79 Å². The summed E-state index contributed by atoms with van der Waals surface area (Å²) >= 11 is 0. The lowest BCUT2D eigenvalue weighted by Crippen LogP contribution is -2.42. The Bertz CT molecular complexity index is 746. The minimum absolute atomic E-state index is 0.0995. The van der Waals surface area contributed by atoms with E-state index in [-0.39, 0.29) is 11.9 Å². The molecule has 1 fully saturated rings. The number of carbonyl (C=O) groups excluding carboxylic acids is 1. The second-order valence-electron chi connectivity index (χ2n) is 7.83. The van der Waals surface area contributed by atoms with Crippen molar-refractivity contribution in [3.63, 3.8) is 0 Å². The summed E-state index contributed by atoms with van der Waals surface area (Å²) in [6, 6.07) is 10.6. The smallest absolute Gasteiger partial charge is 0.271 e. The van der Waals surface area contributed by atoms with Gasteiger partial charge in [0.05, 0.1) is 6.04 Å². The summed E-state index contributed by atoms with van der Waals surface area (Å²) in [4.78, 5) is 15.1. The number of aryl methyl sites for hydroxylation is 2. The molecule has 0 aliphatic carbocycles. The van der Waals surface area contributed by atoms with Gasteiger partial charge in [0.1, 0.15) is 5.69 Å².